The van der Waals surface area contributed by atoms with Crippen LogP contribution in [-0.2, 0) is 9.59 Å². The molecule has 0 aliphatic carbocycles. The standard InChI is InChI=1S/C14H17ClN2O3S/c15-10-1-2-11(16)12(7-10)21-8-13(18)17-5-3-9(4-6-17)14(19)20/h1-2,7,9H,3-6,8,16H2,(H,19,20). The van der Waals surface area contributed by atoms with Gasteiger partial charge in [-0.05, 0) is 31.0 Å². The van der Waals surface area contributed by atoms with Gasteiger partial charge < -0.3 is 15.7 Å². The van der Waals surface area contributed by atoms with Crippen LogP contribution in [0, 0.1) is 5.92 Å². The molecule has 1 fully saturated rings. The number of hydrogen-bond donors (Lipinski definition) is 2. The number of nitrogen functional groups attached to an aromatic ring is 1. The first-order valence-corrected chi connectivity index (χ1v) is 8.02. The van der Waals surface area contributed by atoms with E-state index in [-0.39, 0.29) is 17.6 Å². The normalized spacial score (nSPS) is 16.0. The Morgan fingerprint density at radius 1 is 1.38 bits per heavy atom. The van der Waals surface area contributed by atoms with Crippen molar-refractivity contribution >= 4 is 40.9 Å². The molecule has 0 unspecified atom stereocenters. The fourth-order valence-corrected chi connectivity index (χ4v) is 3.38. The highest BCUT2D eigenvalue weighted by Crippen LogP contribution is 2.28. The SMILES string of the molecule is Nc1ccc(Cl)cc1SCC(=O)N1CCC(C(=O)O)CC1. The molecule has 1 aromatic carbocycles. The van der Waals surface area contributed by atoms with E-state index in [9.17, 15) is 9.59 Å². The molecule has 5 nitrogen and oxygen atoms in total. The molecule has 114 valence electrons. The van der Waals surface area contributed by atoms with Crippen molar-refractivity contribution in [1.29, 1.82) is 0 Å². The van der Waals surface area contributed by atoms with Crippen LogP contribution in [0.4, 0.5) is 5.69 Å². The van der Waals surface area contributed by atoms with Crippen molar-refractivity contribution in [2.75, 3.05) is 24.6 Å². The average molecular weight is 329 g/mol. The molecule has 3 N–H and O–H groups in total. The van der Waals surface area contributed by atoms with Gasteiger partial charge in [-0.25, -0.2) is 0 Å². The zero-order valence-corrected chi connectivity index (χ0v) is 13.0. The number of piperidine rings is 1. The maximum Gasteiger partial charge on any atom is 0.306 e. The number of anilines is 1. The summed E-state index contributed by atoms with van der Waals surface area (Å²) in [5, 5.41) is 9.52. The predicted molar refractivity (Wildman–Crippen MR) is 83.5 cm³/mol. The minimum Gasteiger partial charge on any atom is -0.481 e. The Bertz CT molecular complexity index is 545. The monoisotopic (exact) mass is 328 g/mol. The van der Waals surface area contributed by atoms with Crippen LogP contribution >= 0.6 is 23.4 Å². The molecule has 21 heavy (non-hydrogen) atoms. The van der Waals surface area contributed by atoms with Crippen LogP contribution in [-0.4, -0.2) is 40.7 Å². The molecule has 0 saturated carbocycles. The molecule has 1 saturated heterocycles. The van der Waals surface area contributed by atoms with Gasteiger partial charge in [-0.3, -0.25) is 9.59 Å². The van der Waals surface area contributed by atoms with Crippen molar-refractivity contribution in [2.45, 2.75) is 17.7 Å². The molecule has 0 radical (unpaired) electrons. The Morgan fingerprint density at radius 3 is 2.67 bits per heavy atom. The number of carbonyl (C=O) groups is 2. The molecule has 0 spiro atoms. The summed E-state index contributed by atoms with van der Waals surface area (Å²) in [7, 11) is 0. The Morgan fingerprint density at radius 2 is 2.05 bits per heavy atom. The maximum absolute atomic E-state index is 12.1. The van der Waals surface area contributed by atoms with E-state index in [0.29, 0.717) is 36.6 Å². The number of nitrogens with zero attached hydrogens (tertiary/aromatic N) is 1. The minimum atomic E-state index is -0.775. The lowest BCUT2D eigenvalue weighted by Gasteiger charge is -2.30. The van der Waals surface area contributed by atoms with Crippen molar-refractivity contribution in [3.8, 4) is 0 Å². The van der Waals surface area contributed by atoms with Gasteiger partial charge in [-0.15, -0.1) is 11.8 Å². The number of carboxylic acids is 1. The number of amides is 1. The summed E-state index contributed by atoms with van der Waals surface area (Å²) in [6.07, 6.45) is 1.04. The van der Waals surface area contributed by atoms with Crippen LogP contribution in [0.25, 0.3) is 0 Å². The van der Waals surface area contributed by atoms with Crippen molar-refractivity contribution < 1.29 is 14.7 Å². The maximum atomic E-state index is 12.1. The molecular formula is C14H17ClN2O3S. The van der Waals surface area contributed by atoms with Crippen molar-refractivity contribution in [1.82, 2.24) is 4.90 Å². The Kier molecular flexibility index (Phi) is 5.36. The number of halogens is 1. The predicted octanol–water partition coefficient (Wildman–Crippen LogP) is 2.34. The minimum absolute atomic E-state index is 0.00298. The van der Waals surface area contributed by atoms with E-state index in [1.54, 1.807) is 23.1 Å². The number of thioether (sulfide) groups is 1. The van der Waals surface area contributed by atoms with Crippen LogP contribution in [0.5, 0.6) is 0 Å². The first-order chi connectivity index (χ1) is 9.97. The topological polar surface area (TPSA) is 83.6 Å². The number of likely N-dealkylation sites (tertiary alicyclic amines) is 1. The summed E-state index contributed by atoms with van der Waals surface area (Å²) in [4.78, 5) is 25.5. The fourth-order valence-electron chi connectivity index (χ4n) is 2.24. The Balaban J connectivity index is 1.85. The third kappa shape index (κ3) is 4.28. The zero-order chi connectivity index (χ0) is 15.4. The van der Waals surface area contributed by atoms with Crippen LogP contribution in [0.2, 0.25) is 5.02 Å². The largest absolute Gasteiger partial charge is 0.481 e. The summed E-state index contributed by atoms with van der Waals surface area (Å²) in [5.41, 5.74) is 6.43. The van der Waals surface area contributed by atoms with Gasteiger partial charge >= 0.3 is 5.97 Å². The molecule has 0 atom stereocenters. The third-order valence-electron chi connectivity index (χ3n) is 3.52. The molecule has 2 rings (SSSR count). The first kappa shape index (κ1) is 16.0. The molecule has 1 heterocycles. The molecule has 1 amide bonds. The van der Waals surface area contributed by atoms with Crippen LogP contribution in [0.3, 0.4) is 0 Å². The molecule has 1 aliphatic rings. The lowest BCUT2D eigenvalue weighted by Crippen LogP contribution is -2.41. The highest BCUT2D eigenvalue weighted by Gasteiger charge is 2.26. The third-order valence-corrected chi connectivity index (χ3v) is 4.81. The van der Waals surface area contributed by atoms with Gasteiger partial charge in [0.05, 0.1) is 11.7 Å². The molecule has 1 aliphatic heterocycles. The second kappa shape index (κ2) is 7.04. The van der Waals surface area contributed by atoms with E-state index in [2.05, 4.69) is 0 Å². The van der Waals surface area contributed by atoms with Crippen LogP contribution < -0.4 is 5.73 Å². The number of benzene rings is 1. The van der Waals surface area contributed by atoms with E-state index in [1.807, 2.05) is 0 Å². The highest BCUT2D eigenvalue weighted by atomic mass is 35.5. The average Bonchev–Trinajstić information content (AvgIpc) is 2.48. The lowest BCUT2D eigenvalue weighted by molar-refractivity contribution is -0.145. The summed E-state index contributed by atoms with van der Waals surface area (Å²) in [6, 6.07) is 5.17. The van der Waals surface area contributed by atoms with Crippen LogP contribution in [0.1, 0.15) is 12.8 Å². The Labute approximate surface area is 132 Å². The Hall–Kier alpha value is -1.40. The summed E-state index contributed by atoms with van der Waals surface area (Å²) >= 11 is 7.26. The smallest absolute Gasteiger partial charge is 0.306 e. The number of carbonyl (C=O) groups excluding carboxylic acids is 1. The summed E-state index contributed by atoms with van der Waals surface area (Å²) in [6.45, 7) is 1.00. The van der Waals surface area contributed by atoms with Gasteiger partial charge in [-0.2, -0.15) is 0 Å². The lowest BCUT2D eigenvalue weighted by atomic mass is 9.97. The molecule has 0 bridgehead atoms. The van der Waals surface area contributed by atoms with E-state index in [4.69, 9.17) is 22.4 Å². The number of rotatable bonds is 4. The summed E-state index contributed by atoms with van der Waals surface area (Å²) < 4.78 is 0. The number of carboxylic acid groups (broad SMARTS) is 1. The first-order valence-electron chi connectivity index (χ1n) is 6.66. The second-order valence-corrected chi connectivity index (χ2v) is 6.42. The number of nitrogens with two attached hydrogens (primary N) is 1. The van der Waals surface area contributed by atoms with Crippen molar-refractivity contribution in [3.63, 3.8) is 0 Å². The van der Waals surface area contributed by atoms with Crippen molar-refractivity contribution in [3.05, 3.63) is 23.2 Å². The van der Waals surface area contributed by atoms with Gasteiger partial charge in [0.1, 0.15) is 0 Å². The van der Waals surface area contributed by atoms with Crippen molar-refractivity contribution in [2.24, 2.45) is 5.92 Å². The molecular weight excluding hydrogens is 312 g/mol. The quantitative estimate of drug-likeness (QED) is 0.654. The van der Waals surface area contributed by atoms with Gasteiger partial charge in [0.15, 0.2) is 0 Å². The molecule has 0 aromatic heterocycles. The van der Waals surface area contributed by atoms with Gasteiger partial charge in [0.2, 0.25) is 5.91 Å². The van der Waals surface area contributed by atoms with Gasteiger partial charge in [0.25, 0.3) is 0 Å². The van der Waals surface area contributed by atoms with Gasteiger partial charge in [-0.1, -0.05) is 11.6 Å². The van der Waals surface area contributed by atoms with E-state index in [0.717, 1.165) is 4.90 Å². The number of hydrogen-bond acceptors (Lipinski definition) is 4. The van der Waals surface area contributed by atoms with E-state index < -0.39 is 5.97 Å². The number of aliphatic carboxylic acids is 1. The second-order valence-electron chi connectivity index (χ2n) is 4.96. The molecule has 7 heteroatoms. The fraction of sp³-hybridized carbons (Fsp3) is 0.429. The van der Waals surface area contributed by atoms with Gasteiger partial charge in [0, 0.05) is 28.7 Å². The molecule has 1 aromatic rings. The highest BCUT2D eigenvalue weighted by molar-refractivity contribution is 8.00. The zero-order valence-electron chi connectivity index (χ0n) is 11.4. The van der Waals surface area contributed by atoms with E-state index >= 15 is 0 Å². The van der Waals surface area contributed by atoms with Crippen LogP contribution in [0.15, 0.2) is 23.1 Å². The summed E-state index contributed by atoms with van der Waals surface area (Å²) in [5.74, 6) is -0.820. The van der Waals surface area contributed by atoms with E-state index in [1.165, 1.54) is 11.8 Å².